The molecule has 2 atom stereocenters. The molecule has 2 aromatic carbocycles. The molecule has 0 unspecified atom stereocenters. The second-order valence-corrected chi connectivity index (χ2v) is 10.8. The van der Waals surface area contributed by atoms with Crippen molar-refractivity contribution in [2.75, 3.05) is 19.4 Å². The topological polar surface area (TPSA) is 58.6 Å². The zero-order valence-electron chi connectivity index (χ0n) is 18.3. The minimum atomic E-state index is -3.25. The second kappa shape index (κ2) is 10.3. The first kappa shape index (κ1) is 22.5. The molecule has 2 fully saturated rings. The first-order valence-electron chi connectivity index (χ1n) is 11.4. The van der Waals surface area contributed by atoms with Crippen molar-refractivity contribution in [2.24, 2.45) is 0 Å². The molecule has 0 amide bonds. The predicted octanol–water partition coefficient (Wildman–Crippen LogP) is 3.92. The molecule has 0 bridgehead atoms. The van der Waals surface area contributed by atoms with Crippen molar-refractivity contribution in [3.8, 4) is 0 Å². The number of hydrogen-bond donors (Lipinski definition) is 1. The van der Waals surface area contributed by atoms with Gasteiger partial charge in [-0.1, -0.05) is 60.7 Å². The summed E-state index contributed by atoms with van der Waals surface area (Å²) in [6, 6.07) is 21.1. The molecular formula is C25H34N2O3S. The van der Waals surface area contributed by atoms with Crippen molar-refractivity contribution in [1.82, 2.24) is 9.62 Å². The van der Waals surface area contributed by atoms with Crippen LogP contribution < -0.4 is 4.72 Å². The van der Waals surface area contributed by atoms with Crippen molar-refractivity contribution < 1.29 is 13.2 Å². The van der Waals surface area contributed by atoms with E-state index in [9.17, 15) is 8.42 Å². The van der Waals surface area contributed by atoms with Crippen LogP contribution in [0.5, 0.6) is 0 Å². The highest BCUT2D eigenvalue weighted by Gasteiger charge is 2.36. The van der Waals surface area contributed by atoms with Gasteiger partial charge < -0.3 is 4.74 Å². The Labute approximate surface area is 186 Å². The van der Waals surface area contributed by atoms with E-state index in [1.807, 2.05) is 18.2 Å². The van der Waals surface area contributed by atoms with Crippen LogP contribution in [0.3, 0.4) is 0 Å². The van der Waals surface area contributed by atoms with E-state index in [-0.39, 0.29) is 18.2 Å². The number of ether oxygens (including phenoxy) is 1. The molecule has 2 aromatic rings. The molecule has 0 spiro atoms. The largest absolute Gasteiger partial charge is 0.377 e. The highest BCUT2D eigenvalue weighted by molar-refractivity contribution is 7.88. The third kappa shape index (κ3) is 6.39. The van der Waals surface area contributed by atoms with E-state index in [1.54, 1.807) is 0 Å². The molecule has 1 N–H and O–H groups in total. The summed E-state index contributed by atoms with van der Waals surface area (Å²) in [4.78, 5) is 2.37. The van der Waals surface area contributed by atoms with E-state index in [4.69, 9.17) is 4.74 Å². The van der Waals surface area contributed by atoms with E-state index in [0.29, 0.717) is 12.5 Å². The standard InChI is InChI=1S/C25H34N2O3S/c1-31(28,29)26-24-16-17-27(18-20-8-4-2-5-9-20)25(24)19-30-23-14-12-22(13-15-23)21-10-6-3-7-11-21/h2-11,22-26H,12-19H2,1H3/t22?,23?,24-,25-/m0/s1. The minimum absolute atomic E-state index is 0.0572. The van der Waals surface area contributed by atoms with Gasteiger partial charge in [0.1, 0.15) is 0 Å². The summed E-state index contributed by atoms with van der Waals surface area (Å²) in [5.41, 5.74) is 2.68. The number of benzene rings is 2. The number of likely N-dealkylation sites (tertiary alicyclic amines) is 1. The number of rotatable bonds is 8. The molecule has 5 nitrogen and oxygen atoms in total. The Balaban J connectivity index is 1.35. The van der Waals surface area contributed by atoms with Crippen LogP contribution in [0.15, 0.2) is 60.7 Å². The van der Waals surface area contributed by atoms with Crippen molar-refractivity contribution in [3.63, 3.8) is 0 Å². The van der Waals surface area contributed by atoms with Gasteiger partial charge >= 0.3 is 0 Å². The van der Waals surface area contributed by atoms with Gasteiger partial charge in [0.05, 0.1) is 19.0 Å². The average molecular weight is 443 g/mol. The monoisotopic (exact) mass is 442 g/mol. The lowest BCUT2D eigenvalue weighted by Crippen LogP contribution is -2.47. The maximum Gasteiger partial charge on any atom is 0.209 e. The third-order valence-corrected chi connectivity index (χ3v) is 7.43. The minimum Gasteiger partial charge on any atom is -0.377 e. The normalized spacial score (nSPS) is 27.4. The van der Waals surface area contributed by atoms with Crippen molar-refractivity contribution in [1.29, 1.82) is 0 Å². The van der Waals surface area contributed by atoms with Crippen LogP contribution in [-0.2, 0) is 21.3 Å². The molecule has 168 valence electrons. The van der Waals surface area contributed by atoms with Crippen LogP contribution >= 0.6 is 0 Å². The lowest BCUT2D eigenvalue weighted by Gasteiger charge is -2.33. The number of sulfonamides is 1. The first-order chi connectivity index (χ1) is 15.0. The second-order valence-electron chi connectivity index (χ2n) is 9.03. The summed E-state index contributed by atoms with van der Waals surface area (Å²) in [5.74, 6) is 0.627. The third-order valence-electron chi connectivity index (χ3n) is 6.70. The Morgan fingerprint density at radius 3 is 2.23 bits per heavy atom. The number of hydrogen-bond acceptors (Lipinski definition) is 4. The zero-order valence-corrected chi connectivity index (χ0v) is 19.1. The van der Waals surface area contributed by atoms with E-state index < -0.39 is 10.0 Å². The quantitative estimate of drug-likeness (QED) is 0.673. The number of nitrogens with zero attached hydrogens (tertiary/aromatic N) is 1. The summed E-state index contributed by atoms with van der Waals surface area (Å²) in [7, 11) is -3.25. The fourth-order valence-electron chi connectivity index (χ4n) is 5.09. The summed E-state index contributed by atoms with van der Waals surface area (Å²) in [5, 5.41) is 0. The highest BCUT2D eigenvalue weighted by atomic mass is 32.2. The van der Waals surface area contributed by atoms with Gasteiger partial charge in [-0.25, -0.2) is 13.1 Å². The Morgan fingerprint density at radius 2 is 1.58 bits per heavy atom. The molecule has 1 heterocycles. The average Bonchev–Trinajstić information content (AvgIpc) is 3.13. The van der Waals surface area contributed by atoms with Gasteiger partial charge in [0.2, 0.25) is 10.0 Å². The maximum absolute atomic E-state index is 11.9. The van der Waals surface area contributed by atoms with Gasteiger partial charge in [0.15, 0.2) is 0 Å². The molecule has 31 heavy (non-hydrogen) atoms. The highest BCUT2D eigenvalue weighted by Crippen LogP contribution is 2.34. The molecule has 1 aliphatic heterocycles. The molecule has 1 saturated carbocycles. The summed E-state index contributed by atoms with van der Waals surface area (Å²) in [6.45, 7) is 2.26. The predicted molar refractivity (Wildman–Crippen MR) is 124 cm³/mol. The molecule has 1 aliphatic carbocycles. The van der Waals surface area contributed by atoms with Crippen LogP contribution in [0.4, 0.5) is 0 Å². The van der Waals surface area contributed by atoms with Crippen molar-refractivity contribution in [2.45, 2.75) is 62.8 Å². The molecule has 0 radical (unpaired) electrons. The summed E-state index contributed by atoms with van der Waals surface area (Å²) in [6.07, 6.45) is 6.75. The Morgan fingerprint density at radius 1 is 0.935 bits per heavy atom. The number of nitrogens with one attached hydrogen (secondary N) is 1. The summed E-state index contributed by atoms with van der Waals surface area (Å²) >= 11 is 0. The van der Waals surface area contributed by atoms with Gasteiger partial charge in [0, 0.05) is 25.2 Å². The molecule has 0 aromatic heterocycles. The molecular weight excluding hydrogens is 408 g/mol. The van der Waals surface area contributed by atoms with Crippen LogP contribution in [0.2, 0.25) is 0 Å². The van der Waals surface area contributed by atoms with Crippen LogP contribution in [-0.4, -0.2) is 50.9 Å². The fourth-order valence-corrected chi connectivity index (χ4v) is 5.91. The smallest absolute Gasteiger partial charge is 0.209 e. The van der Waals surface area contributed by atoms with Crippen LogP contribution in [0.1, 0.15) is 49.1 Å². The Bertz CT molecular complexity index is 912. The molecule has 2 aliphatic rings. The SMILES string of the molecule is CS(=O)(=O)N[C@H]1CCN(Cc2ccccc2)[C@H]1COC1CCC(c2ccccc2)CC1. The zero-order chi connectivity index (χ0) is 21.7. The van der Waals surface area contributed by atoms with E-state index in [1.165, 1.54) is 17.4 Å². The van der Waals surface area contributed by atoms with Crippen molar-refractivity contribution in [3.05, 3.63) is 71.8 Å². The van der Waals surface area contributed by atoms with E-state index in [0.717, 1.165) is 45.2 Å². The van der Waals surface area contributed by atoms with Gasteiger partial charge in [0.25, 0.3) is 0 Å². The first-order valence-corrected chi connectivity index (χ1v) is 13.3. The molecule has 1 saturated heterocycles. The Kier molecular flexibility index (Phi) is 7.43. The molecule has 4 rings (SSSR count). The lowest BCUT2D eigenvalue weighted by atomic mass is 9.83. The maximum atomic E-state index is 11.9. The van der Waals surface area contributed by atoms with Crippen molar-refractivity contribution >= 4 is 10.0 Å². The van der Waals surface area contributed by atoms with Gasteiger partial charge in [-0.15, -0.1) is 0 Å². The molecule has 6 heteroatoms. The van der Waals surface area contributed by atoms with Gasteiger partial charge in [-0.3, -0.25) is 4.90 Å². The van der Waals surface area contributed by atoms with Crippen LogP contribution in [0.25, 0.3) is 0 Å². The Hall–Kier alpha value is -1.73. The van der Waals surface area contributed by atoms with E-state index in [2.05, 4.69) is 52.1 Å². The van der Waals surface area contributed by atoms with Gasteiger partial charge in [-0.2, -0.15) is 0 Å². The van der Waals surface area contributed by atoms with E-state index >= 15 is 0 Å². The summed E-state index contributed by atoms with van der Waals surface area (Å²) < 4.78 is 33.0. The van der Waals surface area contributed by atoms with Crippen LogP contribution in [0, 0.1) is 0 Å². The fraction of sp³-hybridized carbons (Fsp3) is 0.520. The lowest BCUT2D eigenvalue weighted by molar-refractivity contribution is -0.00739. The van der Waals surface area contributed by atoms with Gasteiger partial charge in [-0.05, 0) is 49.1 Å².